The second-order valence-corrected chi connectivity index (χ2v) is 8.43. The van der Waals surface area contributed by atoms with Crippen molar-refractivity contribution in [3.63, 3.8) is 0 Å². The second kappa shape index (κ2) is 10.9. The molecule has 19 heavy (non-hydrogen) atoms. The zero-order valence-electron chi connectivity index (χ0n) is 10.8. The van der Waals surface area contributed by atoms with E-state index in [4.69, 9.17) is 0 Å². The van der Waals surface area contributed by atoms with E-state index in [1.807, 2.05) is 6.92 Å². The van der Waals surface area contributed by atoms with Gasteiger partial charge in [-0.15, -0.1) is 0 Å². The van der Waals surface area contributed by atoms with E-state index < -0.39 is 43.1 Å². The molecule has 0 aliphatic carbocycles. The van der Waals surface area contributed by atoms with Crippen molar-refractivity contribution in [1.82, 2.24) is 0 Å². The first kappa shape index (κ1) is 19.2. The molecule has 3 atom stereocenters. The first-order valence-corrected chi connectivity index (χ1v) is 10.3. The fourth-order valence-corrected chi connectivity index (χ4v) is 4.10. The van der Waals surface area contributed by atoms with E-state index in [2.05, 4.69) is 3.07 Å². The van der Waals surface area contributed by atoms with Crippen molar-refractivity contribution in [2.24, 2.45) is 0 Å². The third kappa shape index (κ3) is 8.16. The fourth-order valence-electron chi connectivity index (χ4n) is 1.39. The normalized spacial score (nSPS) is 16.4. The third-order valence-electron chi connectivity index (χ3n) is 2.54. The van der Waals surface area contributed by atoms with Gasteiger partial charge < -0.3 is 0 Å². The van der Waals surface area contributed by atoms with Gasteiger partial charge in [0.05, 0.1) is 0 Å². The summed E-state index contributed by atoms with van der Waals surface area (Å²) in [6.07, 6.45) is -5.56. The first-order valence-electron chi connectivity index (χ1n) is 6.28. The molecule has 0 aromatic carbocycles. The maximum absolute atomic E-state index is 13.1. The molecule has 0 fully saturated rings. The molecule has 8 heteroatoms. The van der Waals surface area contributed by atoms with Crippen LogP contribution in [0.2, 0.25) is 0 Å². The number of halogens is 5. The summed E-state index contributed by atoms with van der Waals surface area (Å²) in [7, 11) is 0. The summed E-state index contributed by atoms with van der Waals surface area (Å²) in [4.78, 5) is 0. The molecule has 3 unspecified atom stereocenters. The van der Waals surface area contributed by atoms with Crippen LogP contribution >= 0.6 is 0 Å². The van der Waals surface area contributed by atoms with Crippen molar-refractivity contribution < 1.29 is 28.1 Å². The van der Waals surface area contributed by atoms with Gasteiger partial charge >= 0.3 is 117 Å². The number of rotatable bonds is 11. The Bertz CT molecular complexity index is 255. The molecule has 0 amide bonds. The first-order chi connectivity index (χ1) is 8.91. The Kier molecular flexibility index (Phi) is 11.1. The Morgan fingerprint density at radius 2 is 1.53 bits per heavy atom. The van der Waals surface area contributed by atoms with Gasteiger partial charge in [0.15, 0.2) is 0 Å². The summed E-state index contributed by atoms with van der Waals surface area (Å²) in [5, 5.41) is 0. The van der Waals surface area contributed by atoms with Crippen molar-refractivity contribution in [2.45, 2.75) is 62.0 Å². The Hall–Kier alpha value is 0.209. The predicted octanol–water partition coefficient (Wildman–Crippen LogP) is 3.71. The molecule has 0 saturated heterocycles. The van der Waals surface area contributed by atoms with Crippen molar-refractivity contribution in [3.05, 3.63) is 0 Å². The van der Waals surface area contributed by atoms with Gasteiger partial charge in [-0.1, -0.05) is 0 Å². The average molecular weight is 397 g/mol. The van der Waals surface area contributed by atoms with Crippen LogP contribution in [0.3, 0.4) is 0 Å². The van der Waals surface area contributed by atoms with Crippen LogP contribution in [-0.2, 0) is 6.15 Å². The Morgan fingerprint density at radius 3 is 2.05 bits per heavy atom. The number of hydrogen-bond acceptors (Lipinski definition) is 2. The van der Waals surface area contributed by atoms with Crippen LogP contribution in [0.25, 0.3) is 0 Å². The quantitative estimate of drug-likeness (QED) is 0.302. The standard InChI is InChI=1S/C7H15O.C4H4F5.O.Sn/c1-2-3-4-5-6-7-8;5-1-2(6)3(7)4(8)9;;/h2-7H2,1H3;1-4H;;/q-1;;;+1. The summed E-state index contributed by atoms with van der Waals surface area (Å²) >= 11 is -4.46. The maximum atomic E-state index is 13.1. The molecule has 0 aliphatic heterocycles. The molecule has 114 valence electrons. The van der Waals surface area contributed by atoms with Crippen LogP contribution in [0, 0.1) is 0 Å². The molecule has 0 heterocycles. The van der Waals surface area contributed by atoms with Gasteiger partial charge in [0.1, 0.15) is 0 Å². The molecule has 2 nitrogen and oxygen atoms in total. The molecule has 0 aromatic heterocycles. The van der Waals surface area contributed by atoms with Gasteiger partial charge in [0.2, 0.25) is 0 Å². The molecule has 0 spiro atoms. The van der Waals surface area contributed by atoms with Crippen LogP contribution in [0.15, 0.2) is 0 Å². The van der Waals surface area contributed by atoms with E-state index in [1.54, 1.807) is 0 Å². The summed E-state index contributed by atoms with van der Waals surface area (Å²) in [6.45, 7) is 2.03. The second-order valence-electron chi connectivity index (χ2n) is 4.21. The Morgan fingerprint density at radius 1 is 0.947 bits per heavy atom. The monoisotopic (exact) mass is 398 g/mol. The van der Waals surface area contributed by atoms with Crippen molar-refractivity contribution >= 4 is 20.2 Å². The number of unbranched alkanes of at least 4 members (excludes halogenated alkanes) is 4. The van der Waals surface area contributed by atoms with Crippen LogP contribution in [0.1, 0.15) is 39.0 Å². The third-order valence-corrected chi connectivity index (χ3v) is 6.13. The molecule has 0 bridgehead atoms. The topological polar surface area (TPSA) is 26.3 Å². The molecule has 0 saturated carbocycles. The van der Waals surface area contributed by atoms with Gasteiger partial charge in [-0.05, 0) is 0 Å². The van der Waals surface area contributed by atoms with Gasteiger partial charge in [-0.25, -0.2) is 0 Å². The molecule has 0 N–H and O–H groups in total. The van der Waals surface area contributed by atoms with Crippen LogP contribution in [-0.4, -0.2) is 49.7 Å². The van der Waals surface area contributed by atoms with Crippen molar-refractivity contribution in [2.75, 3.05) is 6.61 Å². The van der Waals surface area contributed by atoms with E-state index in [9.17, 15) is 25.0 Å². The minimum atomic E-state index is -4.46. The zero-order chi connectivity index (χ0) is 14.8. The zero-order valence-corrected chi connectivity index (χ0v) is 13.6. The van der Waals surface area contributed by atoms with Crippen LogP contribution in [0.5, 0.6) is 0 Å². The minimum absolute atomic E-state index is 0.000753. The fraction of sp³-hybridized carbons (Fsp3) is 1.00. The molecular weight excluding hydrogens is 378 g/mol. The van der Waals surface area contributed by atoms with Gasteiger partial charge in [0, 0.05) is 0 Å². The summed E-state index contributed by atoms with van der Waals surface area (Å²) < 4.78 is 75.4. The summed E-state index contributed by atoms with van der Waals surface area (Å²) in [5.41, 5.74) is 0. The number of alkyl halides is 5. The number of hydrogen-bond donors (Lipinski definition) is 0. The van der Waals surface area contributed by atoms with Crippen molar-refractivity contribution in [3.8, 4) is 0 Å². The Balaban J connectivity index is 3.87. The summed E-state index contributed by atoms with van der Waals surface area (Å²) in [5.74, 6) is 0. The molecule has 0 aromatic rings. The molecule has 0 rings (SSSR count). The molecule has 0 radical (unpaired) electrons. The molecular formula is C11H19F5O2Sn. The van der Waals surface area contributed by atoms with Crippen LogP contribution in [0.4, 0.5) is 22.0 Å². The van der Waals surface area contributed by atoms with E-state index >= 15 is 0 Å². The Labute approximate surface area is 117 Å². The van der Waals surface area contributed by atoms with Crippen molar-refractivity contribution in [1.29, 1.82) is 0 Å². The average Bonchev–Trinajstić information content (AvgIpc) is 2.39. The summed E-state index contributed by atoms with van der Waals surface area (Å²) in [6, 6.07) is 0. The SMILES string of the molecule is CCCCCCC[O][Sn](=[O])[CH](F)C(F)C(F)C(F)F. The van der Waals surface area contributed by atoms with E-state index in [0.717, 1.165) is 25.7 Å². The van der Waals surface area contributed by atoms with Gasteiger partial charge in [-0.2, -0.15) is 0 Å². The van der Waals surface area contributed by atoms with Crippen LogP contribution < -0.4 is 0 Å². The van der Waals surface area contributed by atoms with Gasteiger partial charge in [0.25, 0.3) is 0 Å². The molecule has 0 aliphatic rings. The van der Waals surface area contributed by atoms with E-state index in [1.165, 1.54) is 0 Å². The van der Waals surface area contributed by atoms with Gasteiger partial charge in [-0.3, -0.25) is 0 Å². The van der Waals surface area contributed by atoms with E-state index in [0.29, 0.717) is 6.42 Å². The van der Waals surface area contributed by atoms with E-state index in [-0.39, 0.29) is 6.61 Å². The predicted molar refractivity (Wildman–Crippen MR) is 61.8 cm³/mol.